The highest BCUT2D eigenvalue weighted by atomic mass is 31.2. The number of carboxylic acids is 1. The minimum atomic E-state index is -3.87. The average molecular weight is 658 g/mol. The smallest absolute Gasteiger partial charge is 0.497 e. The number of carbonyl (C=O) groups excluding carboxylic acids is 1. The first-order valence-electron chi connectivity index (χ1n) is 14.7. The minimum absolute atomic E-state index is 0.00748. The number of hydrogen-bond donors (Lipinski definition) is 1. The molecule has 0 aliphatic carbocycles. The number of ether oxygens (including phenoxy) is 2. The van der Waals surface area contributed by atoms with Crippen LogP contribution in [0.1, 0.15) is 87.1 Å². The van der Waals surface area contributed by atoms with E-state index in [1.165, 1.54) is 36.4 Å². The summed E-state index contributed by atoms with van der Waals surface area (Å²) in [6.07, 6.45) is 2.36. The summed E-state index contributed by atoms with van der Waals surface area (Å²) in [5.41, 5.74) is -0.348. The van der Waals surface area contributed by atoms with E-state index in [2.05, 4.69) is 4.99 Å². The molecule has 3 aromatic carbocycles. The fourth-order valence-electron chi connectivity index (χ4n) is 4.17. The Bertz CT molecular complexity index is 1570. The second-order valence-electron chi connectivity index (χ2n) is 12.3. The number of carbonyl (C=O) groups is 2. The first kappa shape index (κ1) is 36.4. The molecule has 10 nitrogen and oxygen atoms in total. The second-order valence-corrected chi connectivity index (χ2v) is 13.7. The Morgan fingerprint density at radius 3 is 1.98 bits per heavy atom. The minimum Gasteiger partial charge on any atom is -0.497 e. The number of benzene rings is 3. The zero-order valence-corrected chi connectivity index (χ0v) is 28.2. The van der Waals surface area contributed by atoms with Gasteiger partial charge in [0, 0.05) is 6.21 Å². The molecule has 3 aromatic rings. The molecule has 0 aromatic heterocycles. The third kappa shape index (κ3) is 10.2. The molecule has 248 valence electrons. The quantitative estimate of drug-likeness (QED) is 0.213. The predicted octanol–water partition coefficient (Wildman–Crippen LogP) is 8.81. The van der Waals surface area contributed by atoms with E-state index < -0.39 is 36.7 Å². The van der Waals surface area contributed by atoms with Crippen LogP contribution in [-0.2, 0) is 13.6 Å². The van der Waals surface area contributed by atoms with Crippen molar-refractivity contribution in [3.8, 4) is 17.2 Å². The molecule has 0 spiro atoms. The lowest BCUT2D eigenvalue weighted by atomic mass is 9.88. The van der Waals surface area contributed by atoms with E-state index in [0.717, 1.165) is 12.0 Å². The number of Topliss-reactive ketones (excluding diaryl/α,β-unsaturated/α-hetero) is 1. The summed E-state index contributed by atoms with van der Waals surface area (Å²) in [4.78, 5) is 27.9. The predicted molar refractivity (Wildman–Crippen MR) is 174 cm³/mol. The SMILES string of the molecule is CC(C)(C)OP(=O)(Oc1ccc(C(=O)O)cc1)OC(C)(C)C.CCCOc1ccc(F)c2c1N=CC(c1ccc(OC)cc1)C2=O. The molecular weight excluding hydrogens is 616 g/mol. The Morgan fingerprint density at radius 1 is 0.913 bits per heavy atom. The van der Waals surface area contributed by atoms with Crippen LogP contribution in [0.5, 0.6) is 17.2 Å². The van der Waals surface area contributed by atoms with Crippen molar-refractivity contribution in [1.29, 1.82) is 0 Å². The van der Waals surface area contributed by atoms with Gasteiger partial charge in [-0.3, -0.25) is 18.8 Å². The van der Waals surface area contributed by atoms with E-state index in [9.17, 15) is 18.5 Å². The van der Waals surface area contributed by atoms with E-state index in [4.69, 9.17) is 28.2 Å². The van der Waals surface area contributed by atoms with Gasteiger partial charge in [0.25, 0.3) is 0 Å². The number of halogens is 1. The summed E-state index contributed by atoms with van der Waals surface area (Å²) in [5.74, 6) is -1.21. The lowest BCUT2D eigenvalue weighted by Gasteiger charge is -2.30. The van der Waals surface area contributed by atoms with Gasteiger partial charge >= 0.3 is 13.8 Å². The van der Waals surface area contributed by atoms with E-state index in [1.807, 2.05) is 6.92 Å². The van der Waals surface area contributed by atoms with Gasteiger partial charge in [-0.1, -0.05) is 19.1 Å². The number of hydrogen-bond acceptors (Lipinski definition) is 9. The highest BCUT2D eigenvalue weighted by Gasteiger charge is 2.38. The van der Waals surface area contributed by atoms with Crippen molar-refractivity contribution in [3.63, 3.8) is 0 Å². The van der Waals surface area contributed by atoms with Crippen LogP contribution < -0.4 is 14.0 Å². The highest BCUT2D eigenvalue weighted by molar-refractivity contribution is 7.49. The number of aromatic carboxylic acids is 1. The number of aliphatic imine (C=N–C) groups is 1. The third-order valence-electron chi connectivity index (χ3n) is 6.00. The molecule has 12 heteroatoms. The lowest BCUT2D eigenvalue weighted by molar-refractivity contribution is 0.0224. The van der Waals surface area contributed by atoms with E-state index >= 15 is 0 Å². The molecular formula is C34H41FNO9P. The van der Waals surface area contributed by atoms with Crippen LogP contribution in [0, 0.1) is 5.82 Å². The van der Waals surface area contributed by atoms with Crippen molar-refractivity contribution in [1.82, 2.24) is 0 Å². The number of fused-ring (bicyclic) bond motifs is 1. The molecule has 1 heterocycles. The van der Waals surface area contributed by atoms with E-state index in [-0.39, 0.29) is 28.3 Å². The molecule has 4 rings (SSSR count). The van der Waals surface area contributed by atoms with E-state index in [0.29, 0.717) is 18.1 Å². The van der Waals surface area contributed by atoms with Crippen LogP contribution in [0.15, 0.2) is 65.7 Å². The number of phosphoric ester groups is 1. The summed E-state index contributed by atoms with van der Waals surface area (Å²) >= 11 is 0. The van der Waals surface area contributed by atoms with Gasteiger partial charge in [0.15, 0.2) is 5.78 Å². The maximum Gasteiger partial charge on any atom is 0.531 e. The Hall–Kier alpha value is -4.05. The Kier molecular flexibility index (Phi) is 11.9. The van der Waals surface area contributed by atoms with Crippen LogP contribution >= 0.6 is 7.82 Å². The molecule has 0 radical (unpaired) electrons. The average Bonchev–Trinajstić information content (AvgIpc) is 2.95. The molecule has 1 atom stereocenters. The van der Waals surface area contributed by atoms with E-state index in [1.54, 1.807) is 79.1 Å². The highest BCUT2D eigenvalue weighted by Crippen LogP contribution is 2.55. The molecule has 46 heavy (non-hydrogen) atoms. The second kappa shape index (κ2) is 15.0. The summed E-state index contributed by atoms with van der Waals surface area (Å²) < 4.78 is 54.2. The maximum atomic E-state index is 14.3. The number of carboxylic acid groups (broad SMARTS) is 1. The lowest BCUT2D eigenvalue weighted by Crippen LogP contribution is -2.25. The van der Waals surface area contributed by atoms with Crippen molar-refractivity contribution in [2.24, 2.45) is 4.99 Å². The van der Waals surface area contributed by atoms with Gasteiger partial charge in [0.2, 0.25) is 0 Å². The summed E-state index contributed by atoms with van der Waals surface area (Å²) in [6, 6.07) is 15.4. The van der Waals surface area contributed by atoms with Gasteiger partial charge in [-0.05, 0) is 102 Å². The molecule has 1 N–H and O–H groups in total. The Balaban J connectivity index is 0.000000252. The normalized spacial score (nSPS) is 14.5. The summed E-state index contributed by atoms with van der Waals surface area (Å²) in [6.45, 7) is 12.9. The number of rotatable bonds is 10. The van der Waals surface area contributed by atoms with Gasteiger partial charge in [-0.25, -0.2) is 13.8 Å². The van der Waals surface area contributed by atoms with Crippen LogP contribution in [0.4, 0.5) is 10.1 Å². The van der Waals surface area contributed by atoms with Gasteiger partial charge < -0.3 is 19.1 Å². The van der Waals surface area contributed by atoms with Crippen LogP contribution in [-0.4, -0.2) is 48.0 Å². The molecule has 0 fully saturated rings. The molecule has 1 unspecified atom stereocenters. The first-order chi connectivity index (χ1) is 21.4. The van der Waals surface area contributed by atoms with Crippen molar-refractivity contribution in [2.45, 2.75) is 72.0 Å². The fraction of sp³-hybridized carbons (Fsp3) is 0.382. The molecule has 0 amide bonds. The number of methoxy groups -OCH3 is 1. The van der Waals surface area contributed by atoms with Crippen LogP contribution in [0.3, 0.4) is 0 Å². The van der Waals surface area contributed by atoms with Crippen molar-refractivity contribution >= 4 is 31.5 Å². The number of nitrogens with zero attached hydrogens (tertiary/aromatic N) is 1. The van der Waals surface area contributed by atoms with Crippen LogP contribution in [0.2, 0.25) is 0 Å². The molecule has 1 aliphatic heterocycles. The molecule has 0 bridgehead atoms. The fourth-order valence-corrected chi connectivity index (χ4v) is 6.01. The van der Waals surface area contributed by atoms with Crippen LogP contribution in [0.25, 0.3) is 0 Å². The maximum absolute atomic E-state index is 14.3. The van der Waals surface area contributed by atoms with Gasteiger partial charge in [-0.2, -0.15) is 0 Å². The summed E-state index contributed by atoms with van der Waals surface area (Å²) in [7, 11) is -2.30. The third-order valence-corrected chi connectivity index (χ3v) is 7.98. The Morgan fingerprint density at radius 2 is 1.48 bits per heavy atom. The zero-order chi connectivity index (χ0) is 34.3. The van der Waals surface area contributed by atoms with Crippen molar-refractivity contribution < 1.29 is 46.7 Å². The monoisotopic (exact) mass is 657 g/mol. The number of phosphoric acid groups is 1. The molecule has 1 aliphatic rings. The van der Waals surface area contributed by atoms with Crippen molar-refractivity contribution in [2.75, 3.05) is 13.7 Å². The standard InChI is InChI=1S/C19H18FNO3.C15H23O6P/c1-3-10-24-16-9-8-15(20)17-18(16)21-11-14(19(17)22)12-4-6-13(23-2)7-5-12;1-14(2,3)20-22(18,21-15(4,5)6)19-12-9-7-11(8-10-12)13(16)17/h4-9,11,14H,3,10H2,1-2H3;7-10H,1-6H3,(H,16,17). The van der Waals surface area contributed by atoms with Gasteiger partial charge in [0.1, 0.15) is 28.8 Å². The Labute approximate surface area is 269 Å². The largest absolute Gasteiger partial charge is 0.531 e. The topological polar surface area (TPSA) is 130 Å². The van der Waals surface area contributed by atoms with Gasteiger partial charge in [0.05, 0.1) is 42.0 Å². The molecule has 0 saturated heterocycles. The summed E-state index contributed by atoms with van der Waals surface area (Å²) in [5, 5.41) is 8.87. The zero-order valence-electron chi connectivity index (χ0n) is 27.3. The number of ketones is 1. The van der Waals surface area contributed by atoms with Crippen molar-refractivity contribution in [3.05, 3.63) is 83.2 Å². The molecule has 0 saturated carbocycles. The first-order valence-corrected chi connectivity index (χ1v) is 16.1. The van der Waals surface area contributed by atoms with Gasteiger partial charge in [-0.15, -0.1) is 0 Å².